The third kappa shape index (κ3) is 3.82. The first-order valence-corrected chi connectivity index (χ1v) is 6.74. The maximum atomic E-state index is 11.0. The van der Waals surface area contributed by atoms with Crippen molar-refractivity contribution < 1.29 is 4.92 Å². The molecule has 0 radical (unpaired) electrons. The molecule has 0 amide bonds. The summed E-state index contributed by atoms with van der Waals surface area (Å²) in [5.41, 5.74) is 2.61. The summed E-state index contributed by atoms with van der Waals surface area (Å²) >= 11 is 0. The van der Waals surface area contributed by atoms with E-state index in [1.165, 1.54) is 0 Å². The van der Waals surface area contributed by atoms with Gasteiger partial charge in [0.15, 0.2) is 0 Å². The van der Waals surface area contributed by atoms with E-state index in [4.69, 9.17) is 0 Å². The Morgan fingerprint density at radius 2 is 2.10 bits per heavy atom. The normalized spacial score (nSPS) is 12.1. The van der Waals surface area contributed by atoms with Gasteiger partial charge in [-0.2, -0.15) is 0 Å². The van der Waals surface area contributed by atoms with E-state index in [1.807, 2.05) is 26.0 Å². The molecule has 0 aliphatic carbocycles. The van der Waals surface area contributed by atoms with Crippen LogP contribution in [0.25, 0.3) is 0 Å². The predicted molar refractivity (Wildman–Crippen MR) is 79.9 cm³/mol. The molecule has 0 aliphatic rings. The summed E-state index contributed by atoms with van der Waals surface area (Å²) < 4.78 is 0. The largest absolute Gasteiger partial charge is 0.305 e. The minimum Gasteiger partial charge on any atom is -0.305 e. The Hall–Kier alpha value is -2.34. The summed E-state index contributed by atoms with van der Waals surface area (Å²) in [6.45, 7) is 6.15. The van der Waals surface area contributed by atoms with Gasteiger partial charge in [-0.3, -0.25) is 10.1 Å². The minimum absolute atomic E-state index is 0.000397. The van der Waals surface area contributed by atoms with Crippen molar-refractivity contribution in [3.05, 3.63) is 63.2 Å². The summed E-state index contributed by atoms with van der Waals surface area (Å²) in [6, 6.07) is 7.16. The van der Waals surface area contributed by atoms with Gasteiger partial charge in [-0.05, 0) is 32.4 Å². The first-order valence-electron chi connectivity index (χ1n) is 6.74. The molecule has 2 aromatic rings. The number of benzene rings is 1. The van der Waals surface area contributed by atoms with Crippen LogP contribution in [0.5, 0.6) is 0 Å². The van der Waals surface area contributed by atoms with Crippen molar-refractivity contribution in [2.45, 2.75) is 33.4 Å². The molecule has 0 fully saturated rings. The maximum absolute atomic E-state index is 11.0. The summed E-state index contributed by atoms with van der Waals surface area (Å²) in [5.74, 6) is 0.730. The minimum atomic E-state index is -0.348. The number of aromatic nitrogens is 2. The van der Waals surface area contributed by atoms with Crippen molar-refractivity contribution in [1.82, 2.24) is 15.3 Å². The number of hydrogen-bond acceptors (Lipinski definition) is 5. The van der Waals surface area contributed by atoms with E-state index in [-0.39, 0.29) is 16.7 Å². The van der Waals surface area contributed by atoms with Crippen LogP contribution in [-0.2, 0) is 6.54 Å². The average Bonchev–Trinajstić information content (AvgIpc) is 2.45. The molecule has 1 unspecified atom stereocenters. The highest BCUT2D eigenvalue weighted by Gasteiger charge is 2.14. The third-order valence-electron chi connectivity index (χ3n) is 3.35. The van der Waals surface area contributed by atoms with E-state index in [9.17, 15) is 10.1 Å². The molecule has 1 heterocycles. The molecule has 0 bridgehead atoms. The van der Waals surface area contributed by atoms with E-state index in [0.717, 1.165) is 17.1 Å². The SMILES string of the molecule is Cc1nccc(CNC(C)c2ccc(C)c([N+](=O)[O-])c2)n1. The standard InChI is InChI=1S/C15H18N4O2/c1-10-4-5-13(8-15(10)19(20)21)11(2)17-9-14-6-7-16-12(3)18-14/h4-8,11,17H,9H2,1-3H3. The Labute approximate surface area is 123 Å². The molecule has 110 valence electrons. The Bertz CT molecular complexity index is 658. The molecule has 1 aromatic heterocycles. The van der Waals surface area contributed by atoms with Crippen LogP contribution >= 0.6 is 0 Å². The Morgan fingerprint density at radius 1 is 1.33 bits per heavy atom. The Morgan fingerprint density at radius 3 is 2.76 bits per heavy atom. The number of aryl methyl sites for hydroxylation is 2. The molecule has 1 N–H and O–H groups in total. The van der Waals surface area contributed by atoms with Gasteiger partial charge in [-0.25, -0.2) is 9.97 Å². The van der Waals surface area contributed by atoms with Crippen molar-refractivity contribution in [2.24, 2.45) is 0 Å². The van der Waals surface area contributed by atoms with Crippen molar-refractivity contribution in [1.29, 1.82) is 0 Å². The highest BCUT2D eigenvalue weighted by Crippen LogP contribution is 2.23. The lowest BCUT2D eigenvalue weighted by Crippen LogP contribution is -2.19. The maximum Gasteiger partial charge on any atom is 0.272 e. The second-order valence-corrected chi connectivity index (χ2v) is 5.00. The highest BCUT2D eigenvalue weighted by molar-refractivity contribution is 5.43. The fourth-order valence-electron chi connectivity index (χ4n) is 2.07. The topological polar surface area (TPSA) is 81.0 Å². The first-order chi connectivity index (χ1) is 9.97. The van der Waals surface area contributed by atoms with Crippen LogP contribution in [0, 0.1) is 24.0 Å². The van der Waals surface area contributed by atoms with Crippen molar-refractivity contribution >= 4 is 5.69 Å². The number of nitrogens with zero attached hydrogens (tertiary/aromatic N) is 3. The van der Waals surface area contributed by atoms with Crippen LogP contribution in [0.3, 0.4) is 0 Å². The van der Waals surface area contributed by atoms with Gasteiger partial charge in [0, 0.05) is 30.4 Å². The summed E-state index contributed by atoms with van der Waals surface area (Å²) in [4.78, 5) is 19.0. The van der Waals surface area contributed by atoms with Gasteiger partial charge in [-0.1, -0.05) is 12.1 Å². The van der Waals surface area contributed by atoms with Gasteiger partial charge < -0.3 is 5.32 Å². The van der Waals surface area contributed by atoms with Crippen LogP contribution in [0.1, 0.15) is 35.6 Å². The smallest absolute Gasteiger partial charge is 0.272 e. The molecule has 1 atom stereocenters. The molecule has 0 spiro atoms. The number of nitro benzene ring substituents is 1. The lowest BCUT2D eigenvalue weighted by atomic mass is 10.0. The van der Waals surface area contributed by atoms with Crippen molar-refractivity contribution in [3.8, 4) is 0 Å². The van der Waals surface area contributed by atoms with Crippen LogP contribution in [0.4, 0.5) is 5.69 Å². The quantitative estimate of drug-likeness (QED) is 0.675. The number of nitro groups is 1. The zero-order valence-corrected chi connectivity index (χ0v) is 12.3. The highest BCUT2D eigenvalue weighted by atomic mass is 16.6. The Kier molecular flexibility index (Phi) is 4.59. The average molecular weight is 286 g/mol. The van der Waals surface area contributed by atoms with Crippen LogP contribution < -0.4 is 5.32 Å². The lowest BCUT2D eigenvalue weighted by Gasteiger charge is -2.14. The van der Waals surface area contributed by atoms with Crippen molar-refractivity contribution in [3.63, 3.8) is 0 Å². The number of hydrogen-bond donors (Lipinski definition) is 1. The molecule has 6 heteroatoms. The fraction of sp³-hybridized carbons (Fsp3) is 0.333. The molecular weight excluding hydrogens is 268 g/mol. The molecule has 6 nitrogen and oxygen atoms in total. The molecule has 21 heavy (non-hydrogen) atoms. The zero-order chi connectivity index (χ0) is 15.4. The number of rotatable bonds is 5. The van der Waals surface area contributed by atoms with E-state index < -0.39 is 0 Å². The van der Waals surface area contributed by atoms with E-state index in [0.29, 0.717) is 12.1 Å². The van der Waals surface area contributed by atoms with Crippen LogP contribution in [-0.4, -0.2) is 14.9 Å². The molecule has 1 aromatic carbocycles. The third-order valence-corrected chi connectivity index (χ3v) is 3.35. The monoisotopic (exact) mass is 286 g/mol. The van der Waals surface area contributed by atoms with Gasteiger partial charge in [0.1, 0.15) is 5.82 Å². The molecule has 0 saturated carbocycles. The Balaban J connectivity index is 2.08. The molecule has 0 saturated heterocycles. The van der Waals surface area contributed by atoms with Gasteiger partial charge in [0.25, 0.3) is 5.69 Å². The summed E-state index contributed by atoms with van der Waals surface area (Å²) in [5, 5.41) is 14.3. The lowest BCUT2D eigenvalue weighted by molar-refractivity contribution is -0.385. The second-order valence-electron chi connectivity index (χ2n) is 5.00. The van der Waals surface area contributed by atoms with Gasteiger partial charge in [0.05, 0.1) is 10.6 Å². The van der Waals surface area contributed by atoms with Gasteiger partial charge >= 0.3 is 0 Å². The first kappa shape index (κ1) is 15.1. The van der Waals surface area contributed by atoms with Crippen LogP contribution in [0.15, 0.2) is 30.5 Å². The summed E-state index contributed by atoms with van der Waals surface area (Å²) in [7, 11) is 0. The van der Waals surface area contributed by atoms with Gasteiger partial charge in [-0.15, -0.1) is 0 Å². The molecule has 2 rings (SSSR count). The zero-order valence-electron chi connectivity index (χ0n) is 12.3. The van der Waals surface area contributed by atoms with E-state index in [1.54, 1.807) is 25.3 Å². The predicted octanol–water partition coefficient (Wildman–Crippen LogP) is 2.85. The van der Waals surface area contributed by atoms with Crippen LogP contribution in [0.2, 0.25) is 0 Å². The van der Waals surface area contributed by atoms with Gasteiger partial charge in [0.2, 0.25) is 0 Å². The van der Waals surface area contributed by atoms with Crippen molar-refractivity contribution in [2.75, 3.05) is 0 Å². The fourth-order valence-corrected chi connectivity index (χ4v) is 2.07. The number of nitrogens with one attached hydrogen (secondary N) is 1. The molecular formula is C15H18N4O2. The second kappa shape index (κ2) is 6.41. The van der Waals surface area contributed by atoms with E-state index >= 15 is 0 Å². The molecule has 0 aliphatic heterocycles. The summed E-state index contributed by atoms with van der Waals surface area (Å²) in [6.07, 6.45) is 1.72. The van der Waals surface area contributed by atoms with E-state index in [2.05, 4.69) is 15.3 Å².